The molecular weight excluding hydrogens is 326 g/mol. The van der Waals surface area contributed by atoms with Gasteiger partial charge in [0.25, 0.3) is 0 Å². The molecule has 0 saturated heterocycles. The summed E-state index contributed by atoms with van der Waals surface area (Å²) in [6.07, 6.45) is 3.04. The van der Waals surface area contributed by atoms with Gasteiger partial charge in [-0.25, -0.2) is 8.42 Å². The molecular formula is C15H18ClNO4S. The van der Waals surface area contributed by atoms with Crippen molar-refractivity contribution in [1.82, 2.24) is 4.31 Å². The molecule has 0 saturated carbocycles. The number of sulfonamides is 1. The first-order chi connectivity index (χ1) is 10.4. The van der Waals surface area contributed by atoms with E-state index in [1.807, 2.05) is 6.92 Å². The van der Waals surface area contributed by atoms with Gasteiger partial charge in [0.05, 0.1) is 24.0 Å². The molecule has 1 aromatic carbocycles. The Morgan fingerprint density at radius 3 is 2.68 bits per heavy atom. The van der Waals surface area contributed by atoms with Crippen molar-refractivity contribution in [1.29, 1.82) is 0 Å². The summed E-state index contributed by atoms with van der Waals surface area (Å²) in [6, 6.07) is 6.46. The van der Waals surface area contributed by atoms with Gasteiger partial charge in [0.15, 0.2) is 0 Å². The first-order valence-electron chi connectivity index (χ1n) is 6.71. The highest BCUT2D eigenvalue weighted by Crippen LogP contribution is 2.24. The molecule has 22 heavy (non-hydrogen) atoms. The normalized spacial score (nSPS) is 12.0. The van der Waals surface area contributed by atoms with Gasteiger partial charge in [-0.15, -0.1) is 0 Å². The monoisotopic (exact) mass is 343 g/mol. The van der Waals surface area contributed by atoms with Crippen LogP contribution in [0, 0.1) is 6.92 Å². The molecule has 2 rings (SSSR count). The average Bonchev–Trinajstić information content (AvgIpc) is 2.99. The van der Waals surface area contributed by atoms with E-state index in [1.165, 1.54) is 30.0 Å². The van der Waals surface area contributed by atoms with Crippen LogP contribution in [0.5, 0.6) is 0 Å². The van der Waals surface area contributed by atoms with E-state index in [4.69, 9.17) is 20.8 Å². The molecule has 0 N–H and O–H groups in total. The number of halogens is 1. The molecule has 0 atom stereocenters. The van der Waals surface area contributed by atoms with E-state index in [-0.39, 0.29) is 18.0 Å². The Morgan fingerprint density at radius 2 is 2.09 bits per heavy atom. The first-order valence-corrected chi connectivity index (χ1v) is 8.53. The maximum atomic E-state index is 12.8. The van der Waals surface area contributed by atoms with Crippen molar-refractivity contribution in [3.8, 4) is 0 Å². The lowest BCUT2D eigenvalue weighted by Gasteiger charge is -2.21. The van der Waals surface area contributed by atoms with Crippen LogP contribution in [-0.4, -0.2) is 33.0 Å². The molecule has 120 valence electrons. The highest BCUT2D eigenvalue weighted by Gasteiger charge is 2.25. The predicted molar refractivity (Wildman–Crippen MR) is 84.4 cm³/mol. The van der Waals surface area contributed by atoms with Crippen LogP contribution in [0.4, 0.5) is 0 Å². The van der Waals surface area contributed by atoms with Crippen LogP contribution >= 0.6 is 11.6 Å². The van der Waals surface area contributed by atoms with Gasteiger partial charge in [-0.1, -0.05) is 17.7 Å². The second-order valence-electron chi connectivity index (χ2n) is 4.87. The van der Waals surface area contributed by atoms with Gasteiger partial charge in [0, 0.05) is 30.8 Å². The van der Waals surface area contributed by atoms with Gasteiger partial charge >= 0.3 is 0 Å². The minimum Gasteiger partial charge on any atom is -0.472 e. The molecule has 0 aliphatic rings. The summed E-state index contributed by atoms with van der Waals surface area (Å²) in [5, 5.41) is 0.427. The third-order valence-corrected chi connectivity index (χ3v) is 5.51. The van der Waals surface area contributed by atoms with Crippen molar-refractivity contribution < 1.29 is 17.6 Å². The Bertz CT molecular complexity index is 713. The maximum Gasteiger partial charge on any atom is 0.243 e. The second-order valence-corrected chi connectivity index (χ2v) is 7.22. The van der Waals surface area contributed by atoms with Gasteiger partial charge in [-0.05, 0) is 30.7 Å². The van der Waals surface area contributed by atoms with Gasteiger partial charge in [-0.2, -0.15) is 4.31 Å². The molecule has 0 spiro atoms. The minimum atomic E-state index is -3.66. The van der Waals surface area contributed by atoms with Crippen molar-refractivity contribution in [2.75, 3.05) is 20.3 Å². The molecule has 0 bridgehead atoms. The van der Waals surface area contributed by atoms with E-state index < -0.39 is 10.0 Å². The lowest BCUT2D eigenvalue weighted by atomic mass is 10.2. The van der Waals surface area contributed by atoms with Gasteiger partial charge in [0.2, 0.25) is 10.0 Å². The Kier molecular flexibility index (Phi) is 5.63. The summed E-state index contributed by atoms with van der Waals surface area (Å²) in [6.45, 7) is 2.59. The third-order valence-electron chi connectivity index (χ3n) is 3.26. The minimum absolute atomic E-state index is 0.169. The quantitative estimate of drug-likeness (QED) is 0.775. The van der Waals surface area contributed by atoms with Gasteiger partial charge < -0.3 is 9.15 Å². The Morgan fingerprint density at radius 1 is 1.32 bits per heavy atom. The maximum absolute atomic E-state index is 12.8. The van der Waals surface area contributed by atoms with Crippen LogP contribution < -0.4 is 0 Å². The van der Waals surface area contributed by atoms with Crippen LogP contribution in [-0.2, 0) is 21.3 Å². The van der Waals surface area contributed by atoms with E-state index in [9.17, 15) is 8.42 Å². The molecule has 0 unspecified atom stereocenters. The van der Waals surface area contributed by atoms with E-state index in [1.54, 1.807) is 18.2 Å². The van der Waals surface area contributed by atoms with Crippen LogP contribution in [0.25, 0.3) is 0 Å². The van der Waals surface area contributed by atoms with Crippen LogP contribution in [0.3, 0.4) is 0 Å². The van der Waals surface area contributed by atoms with Crippen LogP contribution in [0.2, 0.25) is 5.02 Å². The number of furan rings is 1. The molecule has 0 amide bonds. The van der Waals surface area contributed by atoms with Crippen LogP contribution in [0.15, 0.2) is 46.1 Å². The molecule has 0 radical (unpaired) electrons. The van der Waals surface area contributed by atoms with E-state index in [0.29, 0.717) is 11.6 Å². The number of benzene rings is 1. The fraction of sp³-hybridized carbons (Fsp3) is 0.333. The molecule has 1 aromatic heterocycles. The van der Waals surface area contributed by atoms with Crippen LogP contribution in [0.1, 0.15) is 11.1 Å². The van der Waals surface area contributed by atoms with Crippen molar-refractivity contribution in [2.24, 2.45) is 0 Å². The molecule has 0 aliphatic heterocycles. The Balaban J connectivity index is 2.32. The van der Waals surface area contributed by atoms with Crippen molar-refractivity contribution in [2.45, 2.75) is 18.4 Å². The fourth-order valence-corrected chi connectivity index (χ4v) is 3.63. The summed E-state index contributed by atoms with van der Waals surface area (Å²) in [4.78, 5) is 0.169. The number of nitrogens with zero attached hydrogens (tertiary/aromatic N) is 1. The zero-order chi connectivity index (χ0) is 16.2. The lowest BCUT2D eigenvalue weighted by Crippen LogP contribution is -2.33. The van der Waals surface area contributed by atoms with E-state index in [0.717, 1.165) is 11.1 Å². The SMILES string of the molecule is COCCN(Cc1ccoc1)S(=O)(=O)c1ccc(C)c(Cl)c1. The smallest absolute Gasteiger partial charge is 0.243 e. The Labute approximate surface area is 135 Å². The highest BCUT2D eigenvalue weighted by molar-refractivity contribution is 7.89. The first kappa shape index (κ1) is 17.0. The number of ether oxygens (including phenoxy) is 1. The predicted octanol–water partition coefficient (Wildman–Crippen LogP) is 3.08. The van der Waals surface area contributed by atoms with Gasteiger partial charge in [-0.3, -0.25) is 0 Å². The molecule has 1 heterocycles. The Hall–Kier alpha value is -1.34. The van der Waals surface area contributed by atoms with E-state index >= 15 is 0 Å². The van der Waals surface area contributed by atoms with Crippen molar-refractivity contribution in [3.63, 3.8) is 0 Å². The third kappa shape index (κ3) is 3.89. The van der Waals surface area contributed by atoms with Crippen molar-refractivity contribution >= 4 is 21.6 Å². The van der Waals surface area contributed by atoms with Gasteiger partial charge in [0.1, 0.15) is 0 Å². The zero-order valence-electron chi connectivity index (χ0n) is 12.5. The zero-order valence-corrected chi connectivity index (χ0v) is 14.0. The largest absolute Gasteiger partial charge is 0.472 e. The standard InChI is InChI=1S/C15H18ClNO4S/c1-12-3-4-14(9-15(12)16)22(18,19)17(6-8-20-2)10-13-5-7-21-11-13/h3-5,7,9,11H,6,8,10H2,1-2H3. The van der Waals surface area contributed by atoms with E-state index in [2.05, 4.69) is 0 Å². The summed E-state index contributed by atoms with van der Waals surface area (Å²) in [7, 11) is -2.13. The topological polar surface area (TPSA) is 59.8 Å². The summed E-state index contributed by atoms with van der Waals surface area (Å²) >= 11 is 6.05. The lowest BCUT2D eigenvalue weighted by molar-refractivity contribution is 0.177. The fourth-order valence-electron chi connectivity index (χ4n) is 1.95. The summed E-state index contributed by atoms with van der Waals surface area (Å²) < 4.78 is 37.0. The molecule has 5 nitrogen and oxygen atoms in total. The number of methoxy groups -OCH3 is 1. The molecule has 2 aromatic rings. The number of hydrogen-bond donors (Lipinski definition) is 0. The number of hydrogen-bond acceptors (Lipinski definition) is 4. The second kappa shape index (κ2) is 7.28. The summed E-state index contributed by atoms with van der Waals surface area (Å²) in [5.74, 6) is 0. The average molecular weight is 344 g/mol. The molecule has 0 aliphatic carbocycles. The molecule has 7 heteroatoms. The summed E-state index contributed by atoms with van der Waals surface area (Å²) in [5.41, 5.74) is 1.61. The van der Waals surface area contributed by atoms with Crippen molar-refractivity contribution in [3.05, 3.63) is 52.9 Å². The highest BCUT2D eigenvalue weighted by atomic mass is 35.5. The molecule has 0 fully saturated rings. The number of rotatable bonds is 7. The number of aryl methyl sites for hydroxylation is 1.